The van der Waals surface area contributed by atoms with Crippen LogP contribution in [0.15, 0.2) is 57.7 Å². The van der Waals surface area contributed by atoms with Gasteiger partial charge in [-0.25, -0.2) is 9.59 Å². The Morgan fingerprint density at radius 1 is 0.929 bits per heavy atom. The second-order valence-electron chi connectivity index (χ2n) is 6.20. The van der Waals surface area contributed by atoms with Gasteiger partial charge in [-0.05, 0) is 38.1 Å². The molecule has 0 aliphatic heterocycles. The summed E-state index contributed by atoms with van der Waals surface area (Å²) in [4.78, 5) is 36.4. The van der Waals surface area contributed by atoms with Crippen LogP contribution in [-0.2, 0) is 4.79 Å². The summed E-state index contributed by atoms with van der Waals surface area (Å²) in [6.07, 6.45) is -0.369. The molecule has 0 spiro atoms. The topological polar surface area (TPSA) is 92.0 Å². The molecule has 0 radical (unpaired) electrons. The van der Waals surface area contributed by atoms with Crippen molar-refractivity contribution in [1.82, 2.24) is 0 Å². The highest BCUT2D eigenvalue weighted by Gasteiger charge is 2.24. The summed E-state index contributed by atoms with van der Waals surface area (Å²) in [5.74, 6) is -1.54. The highest BCUT2D eigenvalue weighted by Crippen LogP contribution is 2.37. The van der Waals surface area contributed by atoms with Crippen molar-refractivity contribution in [3.63, 3.8) is 0 Å². The van der Waals surface area contributed by atoms with Crippen molar-refractivity contribution in [2.45, 2.75) is 26.9 Å². The zero-order valence-corrected chi connectivity index (χ0v) is 15.6. The molecule has 0 N–H and O–H groups in total. The fourth-order valence-corrected chi connectivity index (χ4v) is 2.55. The molecule has 0 fully saturated rings. The van der Waals surface area contributed by atoms with Gasteiger partial charge in [-0.15, -0.1) is 0 Å². The maximum absolute atomic E-state index is 12.6. The molecule has 7 heteroatoms. The summed E-state index contributed by atoms with van der Waals surface area (Å²) < 4.78 is 21.5. The summed E-state index contributed by atoms with van der Waals surface area (Å²) in [7, 11) is 0. The van der Waals surface area contributed by atoms with Crippen LogP contribution in [0.3, 0.4) is 0 Å². The molecule has 1 heterocycles. The van der Waals surface area contributed by atoms with Crippen LogP contribution in [0, 0.1) is 0 Å². The van der Waals surface area contributed by atoms with Crippen LogP contribution >= 0.6 is 0 Å². The molecule has 0 atom stereocenters. The first-order valence-corrected chi connectivity index (χ1v) is 8.59. The lowest BCUT2D eigenvalue weighted by atomic mass is 10.2. The van der Waals surface area contributed by atoms with Crippen molar-refractivity contribution in [2.24, 2.45) is 0 Å². The Morgan fingerprint density at radius 3 is 2.29 bits per heavy atom. The number of hydrogen-bond donors (Lipinski definition) is 0. The molecule has 1 aromatic heterocycles. The zero-order valence-electron chi connectivity index (χ0n) is 15.6. The standard InChI is InChI=1S/C21H18O7/c1-12(2)25-19-18(28-20(23)14-8-5-4-6-9-14)15-10-7-11-16(26-13(3)22)17(15)27-21(19)24/h4-12H,1-3H3. The summed E-state index contributed by atoms with van der Waals surface area (Å²) >= 11 is 0. The minimum Gasteiger partial charge on any atom is -0.481 e. The van der Waals surface area contributed by atoms with Crippen LogP contribution in [0.2, 0.25) is 0 Å². The lowest BCUT2D eigenvalue weighted by molar-refractivity contribution is -0.131. The van der Waals surface area contributed by atoms with Crippen molar-refractivity contribution in [3.05, 3.63) is 64.5 Å². The number of fused-ring (bicyclic) bond motifs is 1. The van der Waals surface area contributed by atoms with Crippen molar-refractivity contribution in [2.75, 3.05) is 0 Å². The second kappa shape index (κ2) is 7.96. The molecule has 0 bridgehead atoms. The Morgan fingerprint density at radius 2 is 1.64 bits per heavy atom. The van der Waals surface area contributed by atoms with Crippen LogP contribution in [0.5, 0.6) is 17.2 Å². The summed E-state index contributed by atoms with van der Waals surface area (Å²) in [6, 6.07) is 13.0. The zero-order chi connectivity index (χ0) is 20.3. The van der Waals surface area contributed by atoms with E-state index in [1.807, 2.05) is 0 Å². The van der Waals surface area contributed by atoms with E-state index in [1.54, 1.807) is 56.3 Å². The molecule has 3 rings (SSSR count). The molecule has 3 aromatic rings. The Bertz CT molecular complexity index is 1080. The normalized spacial score (nSPS) is 10.7. The van der Waals surface area contributed by atoms with Gasteiger partial charge in [-0.3, -0.25) is 4.79 Å². The minimum atomic E-state index is -0.850. The highest BCUT2D eigenvalue weighted by atomic mass is 16.6. The van der Waals surface area contributed by atoms with E-state index in [1.165, 1.54) is 13.0 Å². The van der Waals surface area contributed by atoms with Gasteiger partial charge in [0.25, 0.3) is 0 Å². The molecule has 28 heavy (non-hydrogen) atoms. The minimum absolute atomic E-state index is 0.0188. The molecular weight excluding hydrogens is 364 g/mol. The molecule has 0 saturated carbocycles. The first kappa shape index (κ1) is 19.2. The van der Waals surface area contributed by atoms with Crippen LogP contribution in [0.1, 0.15) is 31.1 Å². The van der Waals surface area contributed by atoms with E-state index >= 15 is 0 Å². The number of para-hydroxylation sites is 1. The lowest BCUT2D eigenvalue weighted by Gasteiger charge is -2.15. The summed E-state index contributed by atoms with van der Waals surface area (Å²) in [6.45, 7) is 4.67. The number of rotatable bonds is 5. The van der Waals surface area contributed by atoms with Gasteiger partial charge in [-0.2, -0.15) is 0 Å². The second-order valence-corrected chi connectivity index (χ2v) is 6.20. The molecule has 2 aromatic carbocycles. The molecule has 0 aliphatic rings. The third kappa shape index (κ3) is 4.03. The number of esters is 2. The van der Waals surface area contributed by atoms with Gasteiger partial charge in [0.1, 0.15) is 0 Å². The fraction of sp³-hybridized carbons (Fsp3) is 0.190. The van der Waals surface area contributed by atoms with E-state index in [2.05, 4.69) is 0 Å². The van der Waals surface area contributed by atoms with E-state index in [0.29, 0.717) is 5.56 Å². The molecular formula is C21H18O7. The van der Waals surface area contributed by atoms with E-state index < -0.39 is 17.6 Å². The van der Waals surface area contributed by atoms with Gasteiger partial charge in [0.15, 0.2) is 17.1 Å². The van der Waals surface area contributed by atoms with E-state index in [0.717, 1.165) is 0 Å². The maximum Gasteiger partial charge on any atom is 0.383 e. The van der Waals surface area contributed by atoms with Crippen molar-refractivity contribution < 1.29 is 28.2 Å². The van der Waals surface area contributed by atoms with Crippen LogP contribution in [-0.4, -0.2) is 18.0 Å². The summed E-state index contributed by atoms with van der Waals surface area (Å²) in [5.41, 5.74) is -0.568. The third-order valence-electron chi connectivity index (χ3n) is 3.62. The lowest BCUT2D eigenvalue weighted by Crippen LogP contribution is -2.17. The number of ether oxygens (including phenoxy) is 3. The molecule has 7 nitrogen and oxygen atoms in total. The number of carbonyl (C=O) groups excluding carboxylic acids is 2. The predicted molar refractivity (Wildman–Crippen MR) is 101 cm³/mol. The smallest absolute Gasteiger partial charge is 0.383 e. The average molecular weight is 382 g/mol. The maximum atomic E-state index is 12.6. The predicted octanol–water partition coefficient (Wildman–Crippen LogP) is 3.72. The fourth-order valence-electron chi connectivity index (χ4n) is 2.55. The third-order valence-corrected chi connectivity index (χ3v) is 3.62. The van der Waals surface area contributed by atoms with Gasteiger partial charge in [0, 0.05) is 6.92 Å². The van der Waals surface area contributed by atoms with Gasteiger partial charge in [-0.1, -0.05) is 24.3 Å². The Balaban J connectivity index is 2.20. The van der Waals surface area contributed by atoms with E-state index in [9.17, 15) is 14.4 Å². The van der Waals surface area contributed by atoms with Crippen molar-refractivity contribution >= 4 is 22.9 Å². The van der Waals surface area contributed by atoms with Crippen LogP contribution in [0.4, 0.5) is 0 Å². The van der Waals surface area contributed by atoms with Gasteiger partial charge in [0.05, 0.1) is 17.1 Å². The molecule has 0 saturated heterocycles. The molecule has 144 valence electrons. The number of benzene rings is 2. The Kier molecular flexibility index (Phi) is 5.44. The van der Waals surface area contributed by atoms with Gasteiger partial charge < -0.3 is 18.6 Å². The SMILES string of the molecule is CC(=O)Oc1cccc2c(OC(=O)c3ccccc3)c(OC(C)C)c(=O)oc12. The highest BCUT2D eigenvalue weighted by molar-refractivity contribution is 5.97. The Labute approximate surface area is 160 Å². The van der Waals surface area contributed by atoms with E-state index in [-0.39, 0.29) is 34.3 Å². The molecule has 0 unspecified atom stereocenters. The molecule has 0 aliphatic carbocycles. The van der Waals surface area contributed by atoms with Gasteiger partial charge >= 0.3 is 17.6 Å². The quantitative estimate of drug-likeness (QED) is 0.377. The Hall–Kier alpha value is -3.61. The van der Waals surface area contributed by atoms with Crippen LogP contribution < -0.4 is 19.8 Å². The molecule has 0 amide bonds. The first-order chi connectivity index (χ1) is 13.4. The number of carbonyl (C=O) groups is 2. The van der Waals surface area contributed by atoms with Crippen LogP contribution in [0.25, 0.3) is 11.0 Å². The largest absolute Gasteiger partial charge is 0.481 e. The average Bonchev–Trinajstić information content (AvgIpc) is 2.65. The first-order valence-electron chi connectivity index (χ1n) is 8.59. The van der Waals surface area contributed by atoms with Crippen molar-refractivity contribution in [3.8, 4) is 17.2 Å². The number of hydrogen-bond acceptors (Lipinski definition) is 7. The van der Waals surface area contributed by atoms with Gasteiger partial charge in [0.2, 0.25) is 5.75 Å². The monoisotopic (exact) mass is 382 g/mol. The summed E-state index contributed by atoms with van der Waals surface area (Å²) in [5, 5.41) is 0.262. The van der Waals surface area contributed by atoms with E-state index in [4.69, 9.17) is 18.6 Å². The van der Waals surface area contributed by atoms with Crippen molar-refractivity contribution in [1.29, 1.82) is 0 Å².